The second kappa shape index (κ2) is 9.93. The Morgan fingerprint density at radius 2 is 1.92 bits per heavy atom. The van der Waals surface area contributed by atoms with Gasteiger partial charge >= 0.3 is 0 Å². The van der Waals surface area contributed by atoms with Crippen LogP contribution < -0.4 is 15.0 Å². The van der Waals surface area contributed by atoms with Crippen molar-refractivity contribution in [2.24, 2.45) is 0 Å². The minimum absolute atomic E-state index is 0. The van der Waals surface area contributed by atoms with Crippen LogP contribution in [0.25, 0.3) is 0 Å². The van der Waals surface area contributed by atoms with Crippen LogP contribution in [0.4, 0.5) is 5.69 Å². The van der Waals surface area contributed by atoms with Crippen molar-refractivity contribution < 1.29 is 14.3 Å². The Hall–Kier alpha value is -1.21. The number of ether oxygens (including phenoxy) is 2. The number of rotatable bonds is 3. The number of carbonyl (C=O) groups is 1. The quantitative estimate of drug-likeness (QED) is 0.856. The molecule has 1 aromatic carbocycles. The average Bonchev–Trinajstić information content (AvgIpc) is 2.62. The number of methoxy groups -OCH3 is 1. The van der Waals surface area contributed by atoms with E-state index in [1.807, 2.05) is 23.1 Å². The van der Waals surface area contributed by atoms with E-state index in [-0.39, 0.29) is 36.8 Å². The van der Waals surface area contributed by atoms with E-state index in [4.69, 9.17) is 9.47 Å². The van der Waals surface area contributed by atoms with Gasteiger partial charge in [-0.1, -0.05) is 12.1 Å². The van der Waals surface area contributed by atoms with E-state index in [0.717, 1.165) is 44.2 Å². The Morgan fingerprint density at radius 1 is 1.21 bits per heavy atom. The summed E-state index contributed by atoms with van der Waals surface area (Å²) < 4.78 is 10.8. The maximum Gasteiger partial charge on any atom is 0.242 e. The summed E-state index contributed by atoms with van der Waals surface area (Å²) >= 11 is 0. The molecule has 2 heterocycles. The number of nitrogens with zero attached hydrogens (tertiary/aromatic N) is 2. The Kier molecular flexibility index (Phi) is 8.62. The zero-order valence-corrected chi connectivity index (χ0v) is 15.4. The second-order valence-electron chi connectivity index (χ2n) is 5.57. The SMILES string of the molecule is COc1ccccc1N1CCN(C(=O)C2COCCN2)CC1.Cl.Cl. The van der Waals surface area contributed by atoms with Crippen LogP contribution >= 0.6 is 24.8 Å². The summed E-state index contributed by atoms with van der Waals surface area (Å²) in [5, 5.41) is 3.23. The molecule has 1 unspecified atom stereocenters. The maximum absolute atomic E-state index is 12.5. The molecule has 2 aliphatic rings. The predicted molar refractivity (Wildman–Crippen MR) is 98.9 cm³/mol. The van der Waals surface area contributed by atoms with Gasteiger partial charge in [-0.2, -0.15) is 0 Å². The molecule has 1 amide bonds. The molecule has 0 aliphatic carbocycles. The third-order valence-corrected chi connectivity index (χ3v) is 4.24. The lowest BCUT2D eigenvalue weighted by Crippen LogP contribution is -2.57. The molecule has 136 valence electrons. The van der Waals surface area contributed by atoms with Gasteiger partial charge in [0.2, 0.25) is 5.91 Å². The van der Waals surface area contributed by atoms with Crippen LogP contribution in [-0.2, 0) is 9.53 Å². The number of benzene rings is 1. The number of piperazine rings is 1. The Morgan fingerprint density at radius 3 is 2.54 bits per heavy atom. The van der Waals surface area contributed by atoms with E-state index < -0.39 is 0 Å². The van der Waals surface area contributed by atoms with Crippen LogP contribution in [0.3, 0.4) is 0 Å². The smallest absolute Gasteiger partial charge is 0.242 e. The molecule has 0 aromatic heterocycles. The first-order valence-corrected chi connectivity index (χ1v) is 7.77. The number of anilines is 1. The fourth-order valence-corrected chi connectivity index (χ4v) is 3.00. The largest absolute Gasteiger partial charge is 0.495 e. The lowest BCUT2D eigenvalue weighted by Gasteiger charge is -2.38. The molecule has 2 aliphatic heterocycles. The number of carbonyl (C=O) groups excluding carboxylic acids is 1. The maximum atomic E-state index is 12.5. The summed E-state index contributed by atoms with van der Waals surface area (Å²) in [4.78, 5) is 16.7. The van der Waals surface area contributed by atoms with E-state index in [1.54, 1.807) is 7.11 Å². The van der Waals surface area contributed by atoms with Gasteiger partial charge in [-0.15, -0.1) is 24.8 Å². The number of para-hydroxylation sites is 2. The number of hydrogen-bond acceptors (Lipinski definition) is 5. The molecular weight excluding hydrogens is 353 g/mol. The van der Waals surface area contributed by atoms with Gasteiger partial charge in [0.15, 0.2) is 0 Å². The van der Waals surface area contributed by atoms with Crippen molar-refractivity contribution in [3.05, 3.63) is 24.3 Å². The van der Waals surface area contributed by atoms with Crippen molar-refractivity contribution in [1.82, 2.24) is 10.2 Å². The zero-order valence-electron chi connectivity index (χ0n) is 13.8. The van der Waals surface area contributed by atoms with E-state index in [9.17, 15) is 4.79 Å². The van der Waals surface area contributed by atoms with Crippen molar-refractivity contribution in [2.75, 3.05) is 57.9 Å². The van der Waals surface area contributed by atoms with E-state index in [1.165, 1.54) is 0 Å². The first-order valence-electron chi connectivity index (χ1n) is 7.77. The van der Waals surface area contributed by atoms with Crippen LogP contribution in [0.2, 0.25) is 0 Å². The molecule has 1 N–H and O–H groups in total. The zero-order chi connectivity index (χ0) is 15.4. The molecule has 0 bridgehead atoms. The molecule has 2 fully saturated rings. The highest BCUT2D eigenvalue weighted by molar-refractivity contribution is 5.85. The third-order valence-electron chi connectivity index (χ3n) is 4.24. The van der Waals surface area contributed by atoms with Crippen molar-refractivity contribution in [2.45, 2.75) is 6.04 Å². The van der Waals surface area contributed by atoms with Gasteiger partial charge in [-0.05, 0) is 12.1 Å². The van der Waals surface area contributed by atoms with Crippen LogP contribution in [0.15, 0.2) is 24.3 Å². The van der Waals surface area contributed by atoms with Gasteiger partial charge in [0, 0.05) is 32.7 Å². The number of hydrogen-bond donors (Lipinski definition) is 1. The van der Waals surface area contributed by atoms with Crippen molar-refractivity contribution in [1.29, 1.82) is 0 Å². The fourth-order valence-electron chi connectivity index (χ4n) is 3.00. The van der Waals surface area contributed by atoms with Crippen LogP contribution in [-0.4, -0.2) is 69.9 Å². The minimum Gasteiger partial charge on any atom is -0.495 e. The molecule has 3 rings (SSSR count). The Balaban J connectivity index is 0.00000144. The van der Waals surface area contributed by atoms with Gasteiger partial charge in [0.1, 0.15) is 11.8 Å². The number of nitrogens with one attached hydrogen (secondary N) is 1. The topological polar surface area (TPSA) is 54.0 Å². The summed E-state index contributed by atoms with van der Waals surface area (Å²) in [5.41, 5.74) is 1.09. The summed E-state index contributed by atoms with van der Waals surface area (Å²) in [6.07, 6.45) is 0. The molecule has 0 saturated carbocycles. The first-order chi connectivity index (χ1) is 10.8. The van der Waals surface area contributed by atoms with Crippen molar-refractivity contribution in [3.63, 3.8) is 0 Å². The normalized spacial score (nSPS) is 20.6. The van der Waals surface area contributed by atoms with Gasteiger partial charge in [-0.3, -0.25) is 4.79 Å². The summed E-state index contributed by atoms with van der Waals surface area (Å²) in [6, 6.07) is 7.82. The lowest BCUT2D eigenvalue weighted by molar-refractivity contribution is -0.136. The van der Waals surface area contributed by atoms with Gasteiger partial charge in [0.25, 0.3) is 0 Å². The highest BCUT2D eigenvalue weighted by Gasteiger charge is 2.29. The highest BCUT2D eigenvalue weighted by Crippen LogP contribution is 2.28. The molecule has 1 atom stereocenters. The Labute approximate surface area is 155 Å². The summed E-state index contributed by atoms with van der Waals surface area (Å²) in [6.45, 7) is 5.01. The molecule has 6 nitrogen and oxygen atoms in total. The molecule has 24 heavy (non-hydrogen) atoms. The Bertz CT molecular complexity index is 519. The second-order valence-corrected chi connectivity index (χ2v) is 5.57. The van der Waals surface area contributed by atoms with Crippen LogP contribution in [0, 0.1) is 0 Å². The number of halogens is 2. The molecular formula is C16H25Cl2N3O3. The van der Waals surface area contributed by atoms with Crippen LogP contribution in [0.5, 0.6) is 5.75 Å². The highest BCUT2D eigenvalue weighted by atomic mass is 35.5. The standard InChI is InChI=1S/C16H23N3O3.2ClH/c1-21-15-5-3-2-4-14(15)18-7-9-19(10-8-18)16(20)13-12-22-11-6-17-13;;/h2-5,13,17H,6-12H2,1H3;2*1H. The first kappa shape index (κ1) is 20.8. The molecule has 2 saturated heterocycles. The van der Waals surface area contributed by atoms with Gasteiger partial charge < -0.3 is 24.6 Å². The third kappa shape index (κ3) is 4.66. The summed E-state index contributed by atoms with van der Waals surface area (Å²) in [7, 11) is 1.69. The van der Waals surface area contributed by atoms with Gasteiger partial charge in [-0.25, -0.2) is 0 Å². The average molecular weight is 378 g/mol. The lowest BCUT2D eigenvalue weighted by atomic mass is 10.2. The minimum atomic E-state index is -0.188. The van der Waals surface area contributed by atoms with Gasteiger partial charge in [0.05, 0.1) is 26.0 Å². The van der Waals surface area contributed by atoms with Crippen molar-refractivity contribution in [3.8, 4) is 5.75 Å². The van der Waals surface area contributed by atoms with E-state index >= 15 is 0 Å². The fraction of sp³-hybridized carbons (Fsp3) is 0.562. The monoisotopic (exact) mass is 377 g/mol. The predicted octanol–water partition coefficient (Wildman–Crippen LogP) is 1.18. The van der Waals surface area contributed by atoms with E-state index in [2.05, 4.69) is 16.3 Å². The number of morpholine rings is 1. The van der Waals surface area contributed by atoms with E-state index in [0.29, 0.717) is 13.2 Å². The molecule has 8 heteroatoms. The molecule has 1 aromatic rings. The molecule has 0 radical (unpaired) electrons. The van der Waals surface area contributed by atoms with Crippen molar-refractivity contribution >= 4 is 36.4 Å². The molecule has 0 spiro atoms. The van der Waals surface area contributed by atoms with Crippen LogP contribution in [0.1, 0.15) is 0 Å². The summed E-state index contributed by atoms with van der Waals surface area (Å²) in [5.74, 6) is 1.03. The number of amides is 1.